The molecule has 0 amide bonds. The largest absolute Gasteiger partial charge is 0.534 e. The normalized spacial score (nSPS) is 12.9. The van der Waals surface area contributed by atoms with E-state index in [1.807, 2.05) is 0 Å². The fourth-order valence-electron chi connectivity index (χ4n) is 3.24. The van der Waals surface area contributed by atoms with Crippen LogP contribution in [0.3, 0.4) is 0 Å². The topological polar surface area (TPSA) is 116 Å². The number of halogens is 3. The molecule has 0 spiro atoms. The second-order valence-electron chi connectivity index (χ2n) is 7.40. The molecular weight excluding hydrogens is 479 g/mol. The van der Waals surface area contributed by atoms with E-state index in [9.17, 15) is 31.2 Å². The van der Waals surface area contributed by atoms with Crippen LogP contribution < -0.4 is 15.1 Å². The second kappa shape index (κ2) is 8.97. The molecule has 34 heavy (non-hydrogen) atoms. The van der Waals surface area contributed by atoms with Crippen LogP contribution in [0.5, 0.6) is 5.88 Å². The molecule has 0 saturated carbocycles. The lowest BCUT2D eigenvalue weighted by molar-refractivity contribution is -0.0501. The number of hydrogen-bond acceptors (Lipinski definition) is 8. The second-order valence-corrected chi connectivity index (χ2v) is 8.94. The summed E-state index contributed by atoms with van der Waals surface area (Å²) < 4.78 is 71.6. The number of hydrogen-bond donors (Lipinski definition) is 1. The van der Waals surface area contributed by atoms with E-state index in [1.165, 1.54) is 19.4 Å². The molecule has 0 bridgehead atoms. The lowest BCUT2D eigenvalue weighted by Gasteiger charge is -2.20. The van der Waals surface area contributed by atoms with Crippen molar-refractivity contribution in [2.45, 2.75) is 32.3 Å². The van der Waals surface area contributed by atoms with Gasteiger partial charge in [-0.3, -0.25) is 9.20 Å². The molecule has 9 nitrogen and oxygen atoms in total. The summed E-state index contributed by atoms with van der Waals surface area (Å²) in [6, 6.07) is 7.46. The molecule has 0 aliphatic heterocycles. The molecule has 0 aliphatic rings. The van der Waals surface area contributed by atoms with Gasteiger partial charge >= 0.3 is 21.6 Å². The predicted molar refractivity (Wildman–Crippen MR) is 116 cm³/mol. The first-order valence-electron chi connectivity index (χ1n) is 9.75. The minimum absolute atomic E-state index is 0.121. The van der Waals surface area contributed by atoms with Gasteiger partial charge in [0.05, 0.1) is 24.3 Å². The lowest BCUT2D eigenvalue weighted by Crippen LogP contribution is -2.30. The van der Waals surface area contributed by atoms with Crippen molar-refractivity contribution in [3.8, 4) is 5.88 Å². The molecule has 0 aliphatic carbocycles. The first-order valence-corrected chi connectivity index (χ1v) is 11.2. The van der Waals surface area contributed by atoms with Gasteiger partial charge in [0, 0.05) is 17.4 Å². The Balaban J connectivity index is 2.16. The van der Waals surface area contributed by atoms with E-state index in [0.29, 0.717) is 16.8 Å². The van der Waals surface area contributed by atoms with Crippen LogP contribution in [0.15, 0.2) is 41.3 Å². The van der Waals surface area contributed by atoms with E-state index in [-0.39, 0.29) is 11.2 Å². The molecule has 2 aromatic heterocycles. The van der Waals surface area contributed by atoms with E-state index in [4.69, 9.17) is 4.74 Å². The number of pyridine rings is 1. The first kappa shape index (κ1) is 25.0. The number of anilines is 1. The number of nitrogens with zero attached hydrogens (tertiary/aromatic N) is 2. The van der Waals surface area contributed by atoms with Crippen LogP contribution in [0.4, 0.5) is 18.9 Å². The summed E-state index contributed by atoms with van der Waals surface area (Å²) in [6.07, 6.45) is 1.42. The number of benzene rings is 1. The monoisotopic (exact) mass is 499 g/mol. The van der Waals surface area contributed by atoms with Gasteiger partial charge in [0.2, 0.25) is 5.88 Å². The van der Waals surface area contributed by atoms with Crippen LogP contribution in [0.2, 0.25) is 0 Å². The van der Waals surface area contributed by atoms with E-state index in [0.717, 1.165) is 11.3 Å². The van der Waals surface area contributed by atoms with E-state index < -0.39 is 44.6 Å². The molecule has 0 radical (unpaired) electrons. The summed E-state index contributed by atoms with van der Waals surface area (Å²) in [5.41, 5.74) is -5.45. The number of carbonyl (C=O) groups excluding carboxylic acids is 1. The highest BCUT2D eigenvalue weighted by molar-refractivity contribution is 7.87. The number of esters is 1. The molecule has 0 unspecified atom stereocenters. The SMILES string of the molecule is COC(=O)c1ccccc1N[C@H](C)c1cc(C)cn2c(=O)c(C)c(OS(=O)(=O)C(F)(F)F)nc12. The maximum Gasteiger partial charge on any atom is 0.534 e. The van der Waals surface area contributed by atoms with Crippen molar-refractivity contribution in [3.63, 3.8) is 0 Å². The van der Waals surface area contributed by atoms with Gasteiger partial charge in [-0.15, -0.1) is 0 Å². The number of aryl methyl sites for hydroxylation is 1. The molecule has 0 saturated heterocycles. The summed E-state index contributed by atoms with van der Waals surface area (Å²) >= 11 is 0. The summed E-state index contributed by atoms with van der Waals surface area (Å²) in [5.74, 6) is -1.57. The average Bonchev–Trinajstić information content (AvgIpc) is 2.76. The number of rotatable bonds is 6. The third-order valence-electron chi connectivity index (χ3n) is 4.91. The van der Waals surface area contributed by atoms with Crippen molar-refractivity contribution in [1.29, 1.82) is 0 Å². The van der Waals surface area contributed by atoms with Gasteiger partial charge in [-0.2, -0.15) is 26.6 Å². The van der Waals surface area contributed by atoms with Crippen LogP contribution in [0.1, 0.15) is 40.0 Å². The fourth-order valence-corrected chi connectivity index (χ4v) is 3.70. The summed E-state index contributed by atoms with van der Waals surface area (Å²) in [4.78, 5) is 28.9. The maximum atomic E-state index is 12.8. The highest BCUT2D eigenvalue weighted by Crippen LogP contribution is 2.29. The first-order chi connectivity index (χ1) is 15.8. The predicted octanol–water partition coefficient (Wildman–Crippen LogP) is 3.50. The molecule has 13 heteroatoms. The van der Waals surface area contributed by atoms with Crippen LogP contribution in [-0.2, 0) is 14.9 Å². The fraction of sp³-hybridized carbons (Fsp3) is 0.286. The smallest absolute Gasteiger partial charge is 0.465 e. The summed E-state index contributed by atoms with van der Waals surface area (Å²) in [5, 5.41) is 3.09. The van der Waals surface area contributed by atoms with Crippen LogP contribution in [0, 0.1) is 13.8 Å². The lowest BCUT2D eigenvalue weighted by atomic mass is 10.1. The van der Waals surface area contributed by atoms with Crippen molar-refractivity contribution in [1.82, 2.24) is 9.38 Å². The van der Waals surface area contributed by atoms with Gasteiger partial charge in [0.25, 0.3) is 5.56 Å². The Hall–Kier alpha value is -3.61. The van der Waals surface area contributed by atoms with Gasteiger partial charge < -0.3 is 14.2 Å². The Morgan fingerprint density at radius 1 is 1.21 bits per heavy atom. The highest BCUT2D eigenvalue weighted by Gasteiger charge is 2.49. The number of fused-ring (bicyclic) bond motifs is 1. The van der Waals surface area contributed by atoms with E-state index in [2.05, 4.69) is 14.5 Å². The Bertz CT molecular complexity index is 1430. The number of nitrogens with one attached hydrogen (secondary N) is 1. The zero-order valence-corrected chi connectivity index (χ0v) is 19.2. The van der Waals surface area contributed by atoms with Crippen molar-refractivity contribution < 1.29 is 35.3 Å². The Kier molecular flexibility index (Phi) is 6.60. The number of aromatic nitrogens is 2. The van der Waals surface area contributed by atoms with Crippen LogP contribution in [-0.4, -0.2) is 36.4 Å². The van der Waals surface area contributed by atoms with Crippen molar-refractivity contribution in [3.05, 3.63) is 69.1 Å². The standard InChI is InChI=1S/C21H20F3N3O6S/c1-11-9-15(13(3)25-16-8-6-5-7-14(16)20(29)32-4)17-26-18(12(2)19(28)27(17)10-11)33-34(30,31)21(22,23)24/h5-10,13,25H,1-4H3/t13-/m1/s1. The third kappa shape index (κ3) is 4.69. The van der Waals surface area contributed by atoms with Crippen molar-refractivity contribution >= 4 is 27.4 Å². The summed E-state index contributed by atoms with van der Waals surface area (Å²) in [7, 11) is -4.82. The molecule has 0 fully saturated rings. The minimum Gasteiger partial charge on any atom is -0.465 e. The highest BCUT2D eigenvalue weighted by atomic mass is 32.2. The van der Waals surface area contributed by atoms with Gasteiger partial charge in [-0.25, -0.2) is 4.79 Å². The molecular formula is C21H20F3N3O6S. The van der Waals surface area contributed by atoms with Crippen molar-refractivity contribution in [2.75, 3.05) is 12.4 Å². The Labute approximate surface area is 192 Å². The molecule has 2 heterocycles. The van der Waals surface area contributed by atoms with Crippen molar-refractivity contribution in [2.24, 2.45) is 0 Å². The van der Waals surface area contributed by atoms with Gasteiger partial charge in [-0.05, 0) is 44.5 Å². The molecule has 182 valence electrons. The molecule has 1 aromatic carbocycles. The zero-order valence-electron chi connectivity index (χ0n) is 18.4. The molecule has 1 atom stereocenters. The zero-order chi connectivity index (χ0) is 25.4. The molecule has 3 aromatic rings. The Morgan fingerprint density at radius 3 is 2.47 bits per heavy atom. The van der Waals surface area contributed by atoms with Gasteiger partial charge in [0.15, 0.2) is 0 Å². The number of carbonyl (C=O) groups is 1. The summed E-state index contributed by atoms with van der Waals surface area (Å²) in [6.45, 7) is 4.47. The Morgan fingerprint density at radius 2 is 1.85 bits per heavy atom. The van der Waals surface area contributed by atoms with Crippen LogP contribution >= 0.6 is 0 Å². The number of ether oxygens (including phenoxy) is 1. The molecule has 1 N–H and O–H groups in total. The quantitative estimate of drug-likeness (QED) is 0.311. The number of methoxy groups -OCH3 is 1. The average molecular weight is 499 g/mol. The number of alkyl halides is 3. The maximum absolute atomic E-state index is 12.8. The van der Waals surface area contributed by atoms with E-state index in [1.54, 1.807) is 38.1 Å². The van der Waals surface area contributed by atoms with Gasteiger partial charge in [-0.1, -0.05) is 12.1 Å². The van der Waals surface area contributed by atoms with E-state index >= 15 is 0 Å². The minimum atomic E-state index is -6.04. The third-order valence-corrected chi connectivity index (χ3v) is 5.86. The van der Waals surface area contributed by atoms with Gasteiger partial charge in [0.1, 0.15) is 5.65 Å². The molecule has 3 rings (SSSR count). The number of para-hydroxylation sites is 1. The van der Waals surface area contributed by atoms with Crippen LogP contribution in [0.25, 0.3) is 5.65 Å².